The van der Waals surface area contributed by atoms with Gasteiger partial charge in [-0.25, -0.2) is 0 Å². The first kappa shape index (κ1) is 19.6. The molecule has 4 aromatic carbocycles. The summed E-state index contributed by atoms with van der Waals surface area (Å²) in [6.07, 6.45) is 0. The molecule has 0 unspecified atom stereocenters. The summed E-state index contributed by atoms with van der Waals surface area (Å²) >= 11 is 0. The van der Waals surface area contributed by atoms with E-state index in [2.05, 4.69) is 10.6 Å². The fourth-order valence-corrected chi connectivity index (χ4v) is 4.30. The number of fused-ring (bicyclic) bond motifs is 2. The number of amides is 2. The predicted octanol–water partition coefficient (Wildman–Crippen LogP) is 4.35. The summed E-state index contributed by atoms with van der Waals surface area (Å²) in [4.78, 5) is 26.5. The average Bonchev–Trinajstić information content (AvgIpc) is 2.81. The van der Waals surface area contributed by atoms with E-state index in [1.54, 1.807) is 14.1 Å². The predicted molar refractivity (Wildman–Crippen MR) is 122 cm³/mol. The van der Waals surface area contributed by atoms with Crippen LogP contribution in [0, 0.1) is 0 Å². The quantitative estimate of drug-likeness (QED) is 0.527. The molecule has 0 heterocycles. The molecule has 2 N–H and O–H groups in total. The van der Waals surface area contributed by atoms with Crippen LogP contribution in [0.5, 0.6) is 0 Å². The fraction of sp³-hybridized carbons (Fsp3) is 0.154. The molecule has 0 aliphatic heterocycles. The van der Waals surface area contributed by atoms with Crippen LogP contribution in [0.3, 0.4) is 0 Å². The molecule has 0 aliphatic rings. The highest BCUT2D eigenvalue weighted by atomic mass is 16.2. The molecular formula is C26H24N2O2. The molecule has 2 amide bonds. The van der Waals surface area contributed by atoms with Gasteiger partial charge in [-0.05, 0) is 32.7 Å². The minimum atomic E-state index is -0.674. The molecule has 0 saturated carbocycles. The first-order valence-electron chi connectivity index (χ1n) is 10.0. The average molecular weight is 396 g/mol. The number of likely N-dealkylation sites (N-methyl/N-ethyl adjacent to an activating group) is 2. The maximum atomic E-state index is 13.2. The monoisotopic (exact) mass is 396 g/mol. The Balaban J connectivity index is 2.01. The lowest BCUT2D eigenvalue weighted by Crippen LogP contribution is -2.37. The highest BCUT2D eigenvalue weighted by molar-refractivity contribution is 6.01. The molecule has 0 spiro atoms. The first-order chi connectivity index (χ1) is 14.7. The third kappa shape index (κ3) is 3.41. The third-order valence-electron chi connectivity index (χ3n) is 5.71. The molecule has 4 nitrogen and oxygen atoms in total. The largest absolute Gasteiger partial charge is 0.359 e. The van der Waals surface area contributed by atoms with Gasteiger partial charge in [0.1, 0.15) is 0 Å². The van der Waals surface area contributed by atoms with Crippen molar-refractivity contribution in [3.8, 4) is 0 Å². The number of carbonyl (C=O) groups is 2. The molecule has 30 heavy (non-hydrogen) atoms. The van der Waals surface area contributed by atoms with Crippen molar-refractivity contribution in [2.75, 3.05) is 14.1 Å². The van der Waals surface area contributed by atoms with E-state index in [-0.39, 0.29) is 11.8 Å². The number of benzene rings is 4. The van der Waals surface area contributed by atoms with Gasteiger partial charge in [0.15, 0.2) is 0 Å². The highest BCUT2D eigenvalue weighted by Gasteiger charge is 2.37. The zero-order valence-electron chi connectivity index (χ0n) is 17.1. The van der Waals surface area contributed by atoms with Crippen molar-refractivity contribution in [3.05, 3.63) is 96.1 Å². The van der Waals surface area contributed by atoms with E-state index >= 15 is 0 Å². The Labute approximate surface area is 175 Å². The van der Waals surface area contributed by atoms with Crippen molar-refractivity contribution < 1.29 is 9.59 Å². The molecule has 4 aromatic rings. The van der Waals surface area contributed by atoms with E-state index in [0.29, 0.717) is 0 Å². The van der Waals surface area contributed by atoms with E-state index < -0.39 is 11.8 Å². The molecule has 0 radical (unpaired) electrons. The Kier molecular flexibility index (Phi) is 5.48. The summed E-state index contributed by atoms with van der Waals surface area (Å²) in [6, 6.07) is 27.7. The Morgan fingerprint density at radius 1 is 0.567 bits per heavy atom. The Bertz CT molecular complexity index is 1120. The van der Waals surface area contributed by atoms with Crippen LogP contribution in [0.2, 0.25) is 0 Å². The summed E-state index contributed by atoms with van der Waals surface area (Å²) in [5, 5.41) is 9.60. The lowest BCUT2D eigenvalue weighted by molar-refractivity contribution is -0.128. The van der Waals surface area contributed by atoms with Gasteiger partial charge in [0.05, 0.1) is 11.8 Å². The van der Waals surface area contributed by atoms with Crippen molar-refractivity contribution in [3.63, 3.8) is 0 Å². The van der Waals surface area contributed by atoms with Gasteiger partial charge >= 0.3 is 0 Å². The lowest BCUT2D eigenvalue weighted by atomic mass is 9.77. The summed E-state index contributed by atoms with van der Waals surface area (Å²) in [7, 11) is 3.23. The van der Waals surface area contributed by atoms with Crippen LogP contribution in [0.15, 0.2) is 84.9 Å². The second kappa shape index (κ2) is 8.37. The maximum absolute atomic E-state index is 13.2. The molecule has 4 rings (SSSR count). The molecular weight excluding hydrogens is 372 g/mol. The maximum Gasteiger partial charge on any atom is 0.228 e. The summed E-state index contributed by atoms with van der Waals surface area (Å²) < 4.78 is 0. The van der Waals surface area contributed by atoms with Crippen LogP contribution in [-0.4, -0.2) is 25.9 Å². The lowest BCUT2D eigenvalue weighted by Gasteiger charge is -2.27. The Hall–Kier alpha value is -3.66. The van der Waals surface area contributed by atoms with Gasteiger partial charge in [0.25, 0.3) is 0 Å². The molecule has 0 fully saturated rings. The normalized spacial score (nSPS) is 13.0. The molecule has 2 atom stereocenters. The Morgan fingerprint density at radius 3 is 1.33 bits per heavy atom. The number of carbonyl (C=O) groups excluding carboxylic acids is 2. The van der Waals surface area contributed by atoms with Crippen LogP contribution < -0.4 is 10.6 Å². The van der Waals surface area contributed by atoms with Crippen LogP contribution in [-0.2, 0) is 9.59 Å². The molecule has 0 aliphatic carbocycles. The van der Waals surface area contributed by atoms with Gasteiger partial charge in [0.2, 0.25) is 11.8 Å². The number of hydrogen-bond donors (Lipinski definition) is 2. The molecule has 0 bridgehead atoms. The summed E-state index contributed by atoms with van der Waals surface area (Å²) in [6.45, 7) is 0. The van der Waals surface area contributed by atoms with Crippen molar-refractivity contribution in [2.45, 2.75) is 11.8 Å². The van der Waals surface area contributed by atoms with Gasteiger partial charge in [0, 0.05) is 14.1 Å². The third-order valence-corrected chi connectivity index (χ3v) is 5.71. The smallest absolute Gasteiger partial charge is 0.228 e. The second-order valence-corrected chi connectivity index (χ2v) is 7.32. The van der Waals surface area contributed by atoms with E-state index in [9.17, 15) is 9.59 Å². The summed E-state index contributed by atoms with van der Waals surface area (Å²) in [5.74, 6) is -1.72. The zero-order chi connectivity index (χ0) is 21.1. The van der Waals surface area contributed by atoms with Crippen LogP contribution in [0.1, 0.15) is 23.0 Å². The van der Waals surface area contributed by atoms with E-state index in [1.807, 2.05) is 84.9 Å². The molecule has 4 heteroatoms. The van der Waals surface area contributed by atoms with E-state index in [0.717, 1.165) is 32.7 Å². The van der Waals surface area contributed by atoms with Crippen molar-refractivity contribution in [1.82, 2.24) is 10.6 Å². The van der Waals surface area contributed by atoms with Gasteiger partial charge in [-0.2, -0.15) is 0 Å². The van der Waals surface area contributed by atoms with Crippen molar-refractivity contribution in [2.24, 2.45) is 0 Å². The summed E-state index contributed by atoms with van der Waals surface area (Å²) in [5.41, 5.74) is 1.68. The van der Waals surface area contributed by atoms with Crippen LogP contribution in [0.25, 0.3) is 21.5 Å². The van der Waals surface area contributed by atoms with E-state index in [1.165, 1.54) is 0 Å². The van der Waals surface area contributed by atoms with Gasteiger partial charge in [-0.1, -0.05) is 84.9 Å². The Morgan fingerprint density at radius 2 is 0.933 bits per heavy atom. The number of hydrogen-bond acceptors (Lipinski definition) is 2. The van der Waals surface area contributed by atoms with Gasteiger partial charge in [-0.15, -0.1) is 0 Å². The number of rotatable bonds is 5. The first-order valence-corrected chi connectivity index (χ1v) is 10.0. The minimum absolute atomic E-state index is 0.187. The SMILES string of the molecule is CNC(=O)[C@H](c1cccc2ccccc12)[C@@H](C(=O)NC)c1cccc2ccccc12. The highest BCUT2D eigenvalue weighted by Crippen LogP contribution is 2.39. The molecule has 0 aromatic heterocycles. The fourth-order valence-electron chi connectivity index (χ4n) is 4.30. The molecule has 150 valence electrons. The van der Waals surface area contributed by atoms with E-state index in [4.69, 9.17) is 0 Å². The zero-order valence-corrected chi connectivity index (χ0v) is 17.1. The standard InChI is InChI=1S/C26H24N2O2/c1-27-25(29)23(21-15-7-11-17-9-3-5-13-19(17)21)24(26(30)28-2)22-16-8-12-18-10-4-6-14-20(18)22/h3-16,23-24H,1-2H3,(H,27,29)(H,28,30)/t23-,24+. The second-order valence-electron chi connectivity index (χ2n) is 7.32. The van der Waals surface area contributed by atoms with Crippen molar-refractivity contribution in [1.29, 1.82) is 0 Å². The van der Waals surface area contributed by atoms with Crippen molar-refractivity contribution >= 4 is 33.4 Å². The molecule has 0 saturated heterocycles. The topological polar surface area (TPSA) is 58.2 Å². The van der Waals surface area contributed by atoms with Gasteiger partial charge in [-0.3, -0.25) is 9.59 Å². The minimum Gasteiger partial charge on any atom is -0.359 e. The number of nitrogens with one attached hydrogen (secondary N) is 2. The van der Waals surface area contributed by atoms with Crippen LogP contribution in [0.4, 0.5) is 0 Å². The van der Waals surface area contributed by atoms with Gasteiger partial charge < -0.3 is 10.6 Å². The van der Waals surface area contributed by atoms with Crippen LogP contribution >= 0.6 is 0 Å².